The van der Waals surface area contributed by atoms with Crippen LogP contribution in [0.1, 0.15) is 57.1 Å². The minimum absolute atomic E-state index is 0.158. The number of carbonyl (C=O) groups excluding carboxylic acids is 1. The molecule has 2 N–H and O–H groups in total. The molecule has 0 aromatic carbocycles. The summed E-state index contributed by atoms with van der Waals surface area (Å²) in [6.07, 6.45) is 9.12. The fourth-order valence-electron chi connectivity index (χ4n) is 4.09. The zero-order valence-corrected chi connectivity index (χ0v) is 17.8. The third kappa shape index (κ3) is 4.58. The monoisotopic (exact) mass is 421 g/mol. The molecule has 0 bridgehead atoms. The second-order valence-electron chi connectivity index (χ2n) is 7.84. The van der Waals surface area contributed by atoms with Gasteiger partial charge in [0, 0.05) is 45.7 Å². The number of methoxy groups -OCH3 is 2. The summed E-state index contributed by atoms with van der Waals surface area (Å²) in [7, 11) is 3.18. The summed E-state index contributed by atoms with van der Waals surface area (Å²) < 4.78 is 18.0. The highest BCUT2D eigenvalue weighted by Gasteiger charge is 2.73. The molecule has 9 heteroatoms. The highest BCUT2D eigenvalue weighted by atomic mass is 16.6. The van der Waals surface area contributed by atoms with Crippen LogP contribution in [0.4, 0.5) is 0 Å². The van der Waals surface area contributed by atoms with Crippen LogP contribution in [0.15, 0.2) is 21.9 Å². The Kier molecular flexibility index (Phi) is 7.27. The first-order chi connectivity index (χ1) is 14.5. The smallest absolute Gasteiger partial charge is 0.332 e. The van der Waals surface area contributed by atoms with Gasteiger partial charge >= 0.3 is 5.69 Å². The molecule has 4 atom stereocenters. The summed E-state index contributed by atoms with van der Waals surface area (Å²) in [4.78, 5) is 38.7. The SMILES string of the molecule is CCCCCCCNC(=O)C=Cn1cc(C2CC3(OC)C(OC)C3O2)c(=O)[nH]c1=O. The van der Waals surface area contributed by atoms with E-state index in [1.54, 1.807) is 14.2 Å². The number of aromatic amines is 1. The molecular weight excluding hydrogens is 390 g/mol. The standard InChI is InChI=1S/C21H31N3O6/c1-4-5-6-7-8-10-22-16(25)9-11-24-13-14(19(26)23-20(24)27)15-12-21(29-3)17(28-2)18(21)30-15/h9,11,13,15,17-18H,4-8,10,12H2,1-3H3,(H,22,25)(H,23,26,27). The van der Waals surface area contributed by atoms with E-state index in [1.165, 1.54) is 35.9 Å². The second kappa shape index (κ2) is 9.72. The number of amides is 1. The number of hydrogen-bond donors (Lipinski definition) is 2. The lowest BCUT2D eigenvalue weighted by atomic mass is 10.1. The average molecular weight is 421 g/mol. The van der Waals surface area contributed by atoms with Crippen LogP contribution in [0, 0.1) is 0 Å². The van der Waals surface area contributed by atoms with Crippen molar-refractivity contribution in [1.29, 1.82) is 0 Å². The van der Waals surface area contributed by atoms with Crippen molar-refractivity contribution in [2.75, 3.05) is 20.8 Å². The molecule has 166 valence electrons. The first-order valence-corrected chi connectivity index (χ1v) is 10.5. The van der Waals surface area contributed by atoms with E-state index in [0.29, 0.717) is 18.5 Å². The molecule has 1 saturated carbocycles. The summed E-state index contributed by atoms with van der Waals surface area (Å²) in [5, 5.41) is 2.80. The van der Waals surface area contributed by atoms with Crippen LogP contribution in [-0.2, 0) is 19.0 Å². The van der Waals surface area contributed by atoms with E-state index < -0.39 is 23.0 Å². The summed E-state index contributed by atoms with van der Waals surface area (Å²) in [5.74, 6) is -0.287. The zero-order chi connectivity index (χ0) is 21.7. The van der Waals surface area contributed by atoms with Crippen LogP contribution in [0.5, 0.6) is 0 Å². The molecule has 1 aliphatic carbocycles. The lowest BCUT2D eigenvalue weighted by Crippen LogP contribution is -2.32. The van der Waals surface area contributed by atoms with Gasteiger partial charge in [0.1, 0.15) is 17.8 Å². The Bertz CT molecular complexity index is 891. The number of aromatic nitrogens is 2. The molecule has 4 unspecified atom stereocenters. The van der Waals surface area contributed by atoms with E-state index in [0.717, 1.165) is 19.3 Å². The lowest BCUT2D eigenvalue weighted by Gasteiger charge is -2.17. The molecule has 2 aliphatic rings. The summed E-state index contributed by atoms with van der Waals surface area (Å²) in [6, 6.07) is 0. The number of H-pyrrole nitrogens is 1. The number of unbranched alkanes of at least 4 members (excludes halogenated alkanes) is 4. The molecule has 1 aromatic heterocycles. The predicted molar refractivity (Wildman–Crippen MR) is 111 cm³/mol. The van der Waals surface area contributed by atoms with E-state index in [1.807, 2.05) is 0 Å². The van der Waals surface area contributed by atoms with Gasteiger partial charge in [-0.1, -0.05) is 32.6 Å². The zero-order valence-electron chi connectivity index (χ0n) is 17.8. The van der Waals surface area contributed by atoms with Crippen LogP contribution in [-0.4, -0.2) is 54.0 Å². The van der Waals surface area contributed by atoms with Gasteiger partial charge in [0.05, 0.1) is 11.7 Å². The molecule has 0 spiro atoms. The molecule has 9 nitrogen and oxygen atoms in total. The lowest BCUT2D eigenvalue weighted by molar-refractivity contribution is -0.116. The van der Waals surface area contributed by atoms with E-state index in [9.17, 15) is 14.4 Å². The Hall–Kier alpha value is -2.23. The van der Waals surface area contributed by atoms with E-state index >= 15 is 0 Å². The Morgan fingerprint density at radius 3 is 2.77 bits per heavy atom. The Morgan fingerprint density at radius 1 is 1.33 bits per heavy atom. The maximum absolute atomic E-state index is 12.3. The molecule has 1 saturated heterocycles. The van der Waals surface area contributed by atoms with Gasteiger partial charge in [0.2, 0.25) is 5.91 Å². The van der Waals surface area contributed by atoms with Crippen LogP contribution in [0.2, 0.25) is 0 Å². The third-order valence-electron chi connectivity index (χ3n) is 5.89. The van der Waals surface area contributed by atoms with Gasteiger partial charge in [-0.05, 0) is 6.42 Å². The van der Waals surface area contributed by atoms with Crippen molar-refractivity contribution >= 4 is 12.1 Å². The van der Waals surface area contributed by atoms with Gasteiger partial charge in [0.25, 0.3) is 5.56 Å². The van der Waals surface area contributed by atoms with Crippen LogP contribution >= 0.6 is 0 Å². The van der Waals surface area contributed by atoms with E-state index in [2.05, 4.69) is 17.2 Å². The predicted octanol–water partition coefficient (Wildman–Crippen LogP) is 1.34. The van der Waals surface area contributed by atoms with Crippen molar-refractivity contribution < 1.29 is 19.0 Å². The van der Waals surface area contributed by atoms with Gasteiger partial charge in [-0.25, -0.2) is 4.79 Å². The number of rotatable bonds is 11. The number of ether oxygens (including phenoxy) is 3. The minimum Gasteiger partial charge on any atom is -0.375 e. The van der Waals surface area contributed by atoms with Crippen LogP contribution in [0.25, 0.3) is 6.20 Å². The highest BCUT2D eigenvalue weighted by molar-refractivity contribution is 5.90. The number of nitrogens with zero attached hydrogens (tertiary/aromatic N) is 1. The molecule has 3 rings (SSSR count). The normalized spacial score (nSPS) is 27.4. The summed E-state index contributed by atoms with van der Waals surface area (Å²) >= 11 is 0. The second-order valence-corrected chi connectivity index (χ2v) is 7.84. The first-order valence-electron chi connectivity index (χ1n) is 10.5. The number of hydrogen-bond acceptors (Lipinski definition) is 6. The van der Waals surface area contributed by atoms with Crippen molar-refractivity contribution in [3.63, 3.8) is 0 Å². The van der Waals surface area contributed by atoms with Crippen LogP contribution < -0.4 is 16.6 Å². The Balaban J connectivity index is 1.61. The van der Waals surface area contributed by atoms with Crippen molar-refractivity contribution in [2.24, 2.45) is 0 Å². The van der Waals surface area contributed by atoms with Crippen molar-refractivity contribution in [1.82, 2.24) is 14.9 Å². The third-order valence-corrected chi connectivity index (χ3v) is 5.89. The molecule has 30 heavy (non-hydrogen) atoms. The van der Waals surface area contributed by atoms with E-state index in [-0.39, 0.29) is 18.1 Å². The van der Waals surface area contributed by atoms with Gasteiger partial charge in [0.15, 0.2) is 0 Å². The molecule has 0 radical (unpaired) electrons. The quantitative estimate of drug-likeness (QED) is 0.412. The van der Waals surface area contributed by atoms with Gasteiger partial charge in [-0.3, -0.25) is 19.1 Å². The van der Waals surface area contributed by atoms with Crippen molar-refractivity contribution in [3.05, 3.63) is 38.7 Å². The van der Waals surface area contributed by atoms with E-state index in [4.69, 9.17) is 14.2 Å². The fourth-order valence-corrected chi connectivity index (χ4v) is 4.09. The topological polar surface area (TPSA) is 112 Å². The van der Waals surface area contributed by atoms with Gasteiger partial charge < -0.3 is 19.5 Å². The Labute approximate surface area is 175 Å². The molecule has 2 fully saturated rings. The molecular formula is C21H31N3O6. The summed E-state index contributed by atoms with van der Waals surface area (Å²) in [5.41, 5.74) is -1.37. The first kappa shape index (κ1) is 22.5. The summed E-state index contributed by atoms with van der Waals surface area (Å²) in [6.45, 7) is 2.75. The number of carbonyl (C=O) groups is 1. The van der Waals surface area contributed by atoms with Gasteiger partial charge in [-0.15, -0.1) is 0 Å². The van der Waals surface area contributed by atoms with Crippen molar-refractivity contribution in [3.8, 4) is 0 Å². The molecule has 2 heterocycles. The molecule has 1 aromatic rings. The van der Waals surface area contributed by atoms with Gasteiger partial charge in [-0.2, -0.15) is 0 Å². The average Bonchev–Trinajstić information content (AvgIpc) is 3.16. The highest BCUT2D eigenvalue weighted by Crippen LogP contribution is 2.57. The maximum atomic E-state index is 12.3. The minimum atomic E-state index is -0.619. The largest absolute Gasteiger partial charge is 0.375 e. The Morgan fingerprint density at radius 2 is 2.10 bits per heavy atom. The molecule has 1 amide bonds. The fraction of sp³-hybridized carbons (Fsp3) is 0.667. The van der Waals surface area contributed by atoms with Crippen LogP contribution in [0.3, 0.4) is 0 Å². The molecule has 1 aliphatic heterocycles. The number of nitrogens with one attached hydrogen (secondary N) is 2. The number of fused-ring (bicyclic) bond motifs is 1. The maximum Gasteiger partial charge on any atom is 0.332 e. The van der Waals surface area contributed by atoms with Crippen molar-refractivity contribution in [2.45, 2.75) is 69.4 Å².